The SMILES string of the molecule is O=C(CCN1C(=O)C(=Cc2ccco2)SC1=S)Nc1ccc([N+](=O)[O-])cc1. The van der Waals surface area contributed by atoms with Gasteiger partial charge in [0.25, 0.3) is 11.6 Å². The number of carbonyl (C=O) groups excluding carboxylic acids is 2. The van der Waals surface area contributed by atoms with Crippen LogP contribution in [0.25, 0.3) is 6.08 Å². The third-order valence-corrected chi connectivity index (χ3v) is 4.99. The van der Waals surface area contributed by atoms with Gasteiger partial charge in [-0.2, -0.15) is 0 Å². The lowest BCUT2D eigenvalue weighted by atomic mass is 10.2. The molecule has 0 unspecified atom stereocenters. The fraction of sp³-hybridized carbons (Fsp3) is 0.118. The topological polar surface area (TPSA) is 106 Å². The number of furan rings is 1. The molecule has 0 radical (unpaired) electrons. The molecule has 10 heteroatoms. The minimum Gasteiger partial charge on any atom is -0.465 e. The highest BCUT2D eigenvalue weighted by Crippen LogP contribution is 2.32. The molecule has 1 N–H and O–H groups in total. The number of nitrogens with zero attached hydrogens (tertiary/aromatic N) is 2. The third-order valence-electron chi connectivity index (χ3n) is 3.61. The van der Waals surface area contributed by atoms with E-state index in [1.54, 1.807) is 18.2 Å². The Morgan fingerprint density at radius 1 is 1.33 bits per heavy atom. The van der Waals surface area contributed by atoms with E-state index in [1.807, 2.05) is 0 Å². The molecule has 1 aliphatic heterocycles. The van der Waals surface area contributed by atoms with Crippen molar-refractivity contribution in [2.45, 2.75) is 6.42 Å². The van der Waals surface area contributed by atoms with Crippen LogP contribution in [0, 0.1) is 10.1 Å². The van der Waals surface area contributed by atoms with Crippen molar-refractivity contribution in [3.05, 3.63) is 63.4 Å². The van der Waals surface area contributed by atoms with Gasteiger partial charge in [0, 0.05) is 36.9 Å². The summed E-state index contributed by atoms with van der Waals surface area (Å²) in [7, 11) is 0. The van der Waals surface area contributed by atoms with Crippen LogP contribution in [0.3, 0.4) is 0 Å². The number of amides is 2. The summed E-state index contributed by atoms with van der Waals surface area (Å²) in [4.78, 5) is 36.4. The summed E-state index contributed by atoms with van der Waals surface area (Å²) in [6.07, 6.45) is 3.16. The van der Waals surface area contributed by atoms with Crippen LogP contribution in [0.15, 0.2) is 52.0 Å². The summed E-state index contributed by atoms with van der Waals surface area (Å²) in [5, 5.41) is 13.3. The molecule has 8 nitrogen and oxygen atoms in total. The zero-order valence-corrected chi connectivity index (χ0v) is 15.4. The van der Waals surface area contributed by atoms with E-state index in [2.05, 4.69) is 5.32 Å². The zero-order valence-electron chi connectivity index (χ0n) is 13.8. The maximum Gasteiger partial charge on any atom is 0.269 e. The molecule has 2 aromatic rings. The second-order valence-electron chi connectivity index (χ2n) is 5.45. The van der Waals surface area contributed by atoms with E-state index in [-0.39, 0.29) is 30.5 Å². The number of non-ortho nitro benzene ring substituents is 1. The Bertz CT molecular complexity index is 923. The van der Waals surface area contributed by atoms with Crippen molar-refractivity contribution in [1.82, 2.24) is 4.90 Å². The van der Waals surface area contributed by atoms with Crippen molar-refractivity contribution in [1.29, 1.82) is 0 Å². The van der Waals surface area contributed by atoms with Gasteiger partial charge in [0.1, 0.15) is 10.1 Å². The number of thioether (sulfide) groups is 1. The highest BCUT2D eigenvalue weighted by molar-refractivity contribution is 8.26. The lowest BCUT2D eigenvalue weighted by molar-refractivity contribution is -0.384. The molecule has 1 fully saturated rings. The molecule has 0 aliphatic carbocycles. The maximum atomic E-state index is 12.4. The van der Waals surface area contributed by atoms with Crippen LogP contribution in [-0.2, 0) is 9.59 Å². The lowest BCUT2D eigenvalue weighted by Crippen LogP contribution is -2.31. The minimum atomic E-state index is -0.517. The van der Waals surface area contributed by atoms with E-state index in [0.29, 0.717) is 20.7 Å². The predicted molar refractivity (Wildman–Crippen MR) is 105 cm³/mol. The van der Waals surface area contributed by atoms with E-state index >= 15 is 0 Å². The van der Waals surface area contributed by atoms with Gasteiger partial charge in [0.15, 0.2) is 0 Å². The number of carbonyl (C=O) groups is 2. The molecule has 138 valence electrons. The van der Waals surface area contributed by atoms with Gasteiger partial charge in [0.2, 0.25) is 5.91 Å². The normalized spacial score (nSPS) is 15.4. The minimum absolute atomic E-state index is 0.0391. The standard InChI is InChI=1S/C17H13N3O5S2/c21-15(18-11-3-5-12(6-4-11)20(23)24)7-8-19-16(22)14(27-17(19)26)10-13-2-1-9-25-13/h1-6,9-10H,7-8H2,(H,18,21). The fourth-order valence-electron chi connectivity index (χ4n) is 2.30. The predicted octanol–water partition coefficient (Wildman–Crippen LogP) is 3.42. The molecule has 0 spiro atoms. The molecule has 1 saturated heterocycles. The number of hydrogen-bond donors (Lipinski definition) is 1. The molecule has 0 atom stereocenters. The zero-order chi connectivity index (χ0) is 19.4. The van der Waals surface area contributed by atoms with Crippen LogP contribution < -0.4 is 5.32 Å². The molecule has 2 heterocycles. The third kappa shape index (κ3) is 4.60. The van der Waals surface area contributed by atoms with Crippen molar-refractivity contribution >= 4 is 57.6 Å². The van der Waals surface area contributed by atoms with Gasteiger partial charge in [-0.3, -0.25) is 24.6 Å². The molecule has 3 rings (SSSR count). The van der Waals surface area contributed by atoms with Crippen LogP contribution in [-0.4, -0.2) is 32.5 Å². The second-order valence-corrected chi connectivity index (χ2v) is 7.13. The summed E-state index contributed by atoms with van der Waals surface area (Å²) >= 11 is 6.37. The van der Waals surface area contributed by atoms with Gasteiger partial charge in [-0.05, 0) is 24.3 Å². The largest absolute Gasteiger partial charge is 0.465 e. The van der Waals surface area contributed by atoms with Crippen LogP contribution in [0.1, 0.15) is 12.2 Å². The number of benzene rings is 1. The highest BCUT2D eigenvalue weighted by atomic mass is 32.2. The van der Waals surface area contributed by atoms with Gasteiger partial charge >= 0.3 is 0 Å². The van der Waals surface area contributed by atoms with Gasteiger partial charge in [-0.15, -0.1) is 0 Å². The van der Waals surface area contributed by atoms with Gasteiger partial charge < -0.3 is 9.73 Å². The number of nitrogens with one attached hydrogen (secondary N) is 1. The second kappa shape index (κ2) is 8.14. The first-order valence-electron chi connectivity index (χ1n) is 7.77. The van der Waals surface area contributed by atoms with Crippen molar-refractivity contribution < 1.29 is 18.9 Å². The smallest absolute Gasteiger partial charge is 0.269 e. The summed E-state index contributed by atoms with van der Waals surface area (Å²) in [6.45, 7) is 0.138. The first-order valence-corrected chi connectivity index (χ1v) is 9.00. The molecule has 0 bridgehead atoms. The average Bonchev–Trinajstić information content (AvgIpc) is 3.23. The number of thiocarbonyl (C=S) groups is 1. The van der Waals surface area contributed by atoms with Crippen LogP contribution in [0.4, 0.5) is 11.4 Å². The molecular formula is C17H13N3O5S2. The summed E-state index contributed by atoms with van der Waals surface area (Å²) < 4.78 is 5.57. The molecule has 2 amide bonds. The summed E-state index contributed by atoms with van der Waals surface area (Å²) in [5.41, 5.74) is 0.377. The van der Waals surface area contributed by atoms with E-state index in [1.165, 1.54) is 35.4 Å². The van der Waals surface area contributed by atoms with Gasteiger partial charge in [-0.25, -0.2) is 0 Å². The number of rotatable bonds is 6. The average molecular weight is 403 g/mol. The Balaban J connectivity index is 1.56. The monoisotopic (exact) mass is 403 g/mol. The van der Waals surface area contributed by atoms with Gasteiger partial charge in [-0.1, -0.05) is 24.0 Å². The summed E-state index contributed by atoms with van der Waals surface area (Å²) in [5.74, 6) is -0.0520. The Kier molecular flexibility index (Phi) is 5.67. The van der Waals surface area contributed by atoms with E-state index < -0.39 is 4.92 Å². The Labute approximate surface area is 163 Å². The Morgan fingerprint density at radius 3 is 2.70 bits per heavy atom. The quantitative estimate of drug-likeness (QED) is 0.341. The maximum absolute atomic E-state index is 12.4. The van der Waals surface area contributed by atoms with E-state index in [9.17, 15) is 19.7 Å². The Hall–Kier alpha value is -2.98. The number of anilines is 1. The van der Waals surface area contributed by atoms with Crippen molar-refractivity contribution in [2.24, 2.45) is 0 Å². The summed E-state index contributed by atoms with van der Waals surface area (Å²) in [6, 6.07) is 8.94. The van der Waals surface area contributed by atoms with Crippen LogP contribution in [0.5, 0.6) is 0 Å². The number of hydrogen-bond acceptors (Lipinski definition) is 7. The number of nitro benzene ring substituents is 1. The van der Waals surface area contributed by atoms with Crippen molar-refractivity contribution in [2.75, 3.05) is 11.9 Å². The molecule has 27 heavy (non-hydrogen) atoms. The first-order chi connectivity index (χ1) is 12.9. The van der Waals surface area contributed by atoms with Crippen molar-refractivity contribution in [3.63, 3.8) is 0 Å². The molecular weight excluding hydrogens is 390 g/mol. The van der Waals surface area contributed by atoms with Crippen LogP contribution in [0.2, 0.25) is 0 Å². The lowest BCUT2D eigenvalue weighted by Gasteiger charge is -2.14. The van der Waals surface area contributed by atoms with E-state index in [0.717, 1.165) is 11.8 Å². The Morgan fingerprint density at radius 2 is 2.07 bits per heavy atom. The fourth-order valence-corrected chi connectivity index (χ4v) is 3.59. The van der Waals surface area contributed by atoms with Gasteiger partial charge in [0.05, 0.1) is 16.1 Å². The number of nitro groups is 1. The first kappa shape index (κ1) is 18.8. The van der Waals surface area contributed by atoms with Crippen LogP contribution >= 0.6 is 24.0 Å². The van der Waals surface area contributed by atoms with E-state index in [4.69, 9.17) is 16.6 Å². The highest BCUT2D eigenvalue weighted by Gasteiger charge is 2.32. The molecule has 1 aliphatic rings. The molecule has 0 saturated carbocycles. The van der Waals surface area contributed by atoms with Crippen molar-refractivity contribution in [3.8, 4) is 0 Å². The molecule has 1 aromatic heterocycles. The molecule has 1 aromatic carbocycles.